The molecule has 1 N–H and O–H groups in total. The zero-order valence-electron chi connectivity index (χ0n) is 15.7. The molecule has 0 fully saturated rings. The lowest BCUT2D eigenvalue weighted by Crippen LogP contribution is -2.29. The predicted molar refractivity (Wildman–Crippen MR) is 102 cm³/mol. The zero-order valence-corrected chi connectivity index (χ0v) is 15.7. The van der Waals surface area contributed by atoms with Crippen molar-refractivity contribution >= 4 is 23.0 Å². The summed E-state index contributed by atoms with van der Waals surface area (Å²) in [4.78, 5) is 17.3. The molecule has 8 heteroatoms. The Morgan fingerprint density at radius 1 is 1.17 bits per heavy atom. The van der Waals surface area contributed by atoms with Crippen molar-refractivity contribution in [3.05, 3.63) is 70.9 Å². The molecule has 1 atom stereocenters. The van der Waals surface area contributed by atoms with Crippen LogP contribution in [0.5, 0.6) is 0 Å². The summed E-state index contributed by atoms with van der Waals surface area (Å²) in [5, 5.41) is 3.12. The fraction of sp³-hybridized carbons (Fsp3) is 0.238. The lowest BCUT2D eigenvalue weighted by molar-refractivity contribution is -0.139. The number of alkyl halides is 3. The molecule has 29 heavy (non-hydrogen) atoms. The topological polar surface area (TPSA) is 56.1 Å². The minimum Gasteiger partial charge on any atom is -0.463 e. The number of para-hydroxylation sites is 2. The Morgan fingerprint density at radius 3 is 2.52 bits per heavy atom. The minimum atomic E-state index is -4.44. The Kier molecular flexibility index (Phi) is 4.56. The van der Waals surface area contributed by atoms with E-state index in [0.717, 1.165) is 17.6 Å². The van der Waals surface area contributed by atoms with Crippen LogP contribution in [0.1, 0.15) is 31.0 Å². The summed E-state index contributed by atoms with van der Waals surface area (Å²) >= 11 is 0. The number of halogens is 3. The van der Waals surface area contributed by atoms with E-state index in [-0.39, 0.29) is 6.61 Å². The number of carbonyl (C=O) groups excluding carboxylic acids is 1. The molecule has 1 aromatic heterocycles. The number of fused-ring (bicyclic) bond motifs is 3. The Bertz CT molecular complexity index is 1110. The highest BCUT2D eigenvalue weighted by Crippen LogP contribution is 2.40. The molecule has 150 valence electrons. The zero-order chi connectivity index (χ0) is 20.8. The number of allylic oxidation sites excluding steroid dienone is 1. The third kappa shape index (κ3) is 3.24. The smallest absolute Gasteiger partial charge is 0.416 e. The molecule has 0 aliphatic carbocycles. The highest BCUT2D eigenvalue weighted by molar-refractivity contribution is 5.94. The van der Waals surface area contributed by atoms with E-state index in [1.807, 2.05) is 28.8 Å². The third-order valence-corrected chi connectivity index (χ3v) is 4.88. The van der Waals surface area contributed by atoms with Crippen molar-refractivity contribution in [3.63, 3.8) is 0 Å². The van der Waals surface area contributed by atoms with Crippen LogP contribution in [-0.2, 0) is 15.7 Å². The van der Waals surface area contributed by atoms with Crippen LogP contribution in [-0.4, -0.2) is 22.1 Å². The molecule has 0 bridgehead atoms. The molecule has 1 aliphatic heterocycles. The Balaban J connectivity index is 1.92. The van der Waals surface area contributed by atoms with Gasteiger partial charge in [-0.15, -0.1) is 0 Å². The maximum absolute atomic E-state index is 13.0. The number of hydrogen-bond donors (Lipinski definition) is 1. The first kappa shape index (κ1) is 19.0. The van der Waals surface area contributed by atoms with Crippen molar-refractivity contribution in [3.8, 4) is 0 Å². The van der Waals surface area contributed by atoms with E-state index in [1.165, 1.54) is 12.1 Å². The van der Waals surface area contributed by atoms with Crippen molar-refractivity contribution in [2.75, 3.05) is 11.9 Å². The molecule has 4 rings (SSSR count). The second-order valence-corrected chi connectivity index (χ2v) is 6.70. The SMILES string of the molecule is CCOC(=O)C1=C(C)Nc2nc3ccccc3n2C1c1ccc(C(F)(F)F)cc1. The van der Waals surface area contributed by atoms with E-state index in [2.05, 4.69) is 10.3 Å². The van der Waals surface area contributed by atoms with Crippen LogP contribution in [0, 0.1) is 0 Å². The van der Waals surface area contributed by atoms with Gasteiger partial charge in [-0.3, -0.25) is 4.57 Å². The van der Waals surface area contributed by atoms with Crippen LogP contribution in [0.25, 0.3) is 11.0 Å². The second-order valence-electron chi connectivity index (χ2n) is 6.70. The van der Waals surface area contributed by atoms with Crippen LogP contribution < -0.4 is 5.32 Å². The Morgan fingerprint density at radius 2 is 1.86 bits per heavy atom. The molecule has 1 unspecified atom stereocenters. The van der Waals surface area contributed by atoms with Crippen molar-refractivity contribution < 1.29 is 22.7 Å². The average Bonchev–Trinajstić information content (AvgIpc) is 3.04. The largest absolute Gasteiger partial charge is 0.463 e. The summed E-state index contributed by atoms with van der Waals surface area (Å²) in [6.45, 7) is 3.62. The van der Waals surface area contributed by atoms with Crippen LogP contribution in [0.4, 0.5) is 19.1 Å². The van der Waals surface area contributed by atoms with Crippen molar-refractivity contribution in [2.24, 2.45) is 0 Å². The van der Waals surface area contributed by atoms with Crippen LogP contribution in [0.3, 0.4) is 0 Å². The number of rotatable bonds is 3. The number of nitrogens with zero attached hydrogens (tertiary/aromatic N) is 2. The summed E-state index contributed by atoms with van der Waals surface area (Å²) in [6.07, 6.45) is -4.44. The van der Waals surface area contributed by atoms with E-state index in [1.54, 1.807) is 13.8 Å². The maximum Gasteiger partial charge on any atom is 0.416 e. The van der Waals surface area contributed by atoms with Gasteiger partial charge in [0.15, 0.2) is 0 Å². The Labute approximate surface area is 164 Å². The van der Waals surface area contributed by atoms with Gasteiger partial charge in [0.2, 0.25) is 5.95 Å². The van der Waals surface area contributed by atoms with Gasteiger partial charge < -0.3 is 10.1 Å². The molecule has 5 nitrogen and oxygen atoms in total. The lowest BCUT2D eigenvalue weighted by atomic mass is 9.94. The first-order valence-corrected chi connectivity index (χ1v) is 9.10. The fourth-order valence-electron chi connectivity index (χ4n) is 3.61. The van der Waals surface area contributed by atoms with Gasteiger partial charge in [-0.1, -0.05) is 24.3 Å². The van der Waals surface area contributed by atoms with Gasteiger partial charge in [0.25, 0.3) is 0 Å². The standard InChI is InChI=1S/C21H18F3N3O2/c1-3-29-19(28)17-12(2)25-20-26-15-6-4-5-7-16(15)27(20)18(17)13-8-10-14(11-9-13)21(22,23)24/h4-11,18H,3H2,1-2H3,(H,25,26). The van der Waals surface area contributed by atoms with Crippen molar-refractivity contribution in [1.82, 2.24) is 9.55 Å². The minimum absolute atomic E-state index is 0.187. The molecule has 0 radical (unpaired) electrons. The van der Waals surface area contributed by atoms with E-state index >= 15 is 0 Å². The van der Waals surface area contributed by atoms with Crippen LogP contribution >= 0.6 is 0 Å². The van der Waals surface area contributed by atoms with Gasteiger partial charge in [0, 0.05) is 5.70 Å². The first-order valence-electron chi connectivity index (χ1n) is 9.10. The van der Waals surface area contributed by atoms with Gasteiger partial charge in [0.05, 0.1) is 34.8 Å². The maximum atomic E-state index is 13.0. The van der Waals surface area contributed by atoms with E-state index < -0.39 is 23.8 Å². The normalized spacial score (nSPS) is 16.5. The average molecular weight is 401 g/mol. The summed E-state index contributed by atoms with van der Waals surface area (Å²) in [5.74, 6) is -0.00697. The molecule has 0 amide bonds. The molecule has 0 saturated heterocycles. The number of carbonyl (C=O) groups is 1. The summed E-state index contributed by atoms with van der Waals surface area (Å²) in [7, 11) is 0. The Hall–Kier alpha value is -3.29. The second kappa shape index (κ2) is 6.95. The number of anilines is 1. The van der Waals surface area contributed by atoms with Gasteiger partial charge >= 0.3 is 12.1 Å². The molecule has 2 aromatic carbocycles. The molecule has 0 saturated carbocycles. The van der Waals surface area contributed by atoms with Crippen LogP contribution in [0.15, 0.2) is 59.8 Å². The van der Waals surface area contributed by atoms with E-state index in [0.29, 0.717) is 28.3 Å². The summed E-state index contributed by atoms with van der Waals surface area (Å²) < 4.78 is 46.1. The molecular formula is C21H18F3N3O2. The third-order valence-electron chi connectivity index (χ3n) is 4.88. The highest BCUT2D eigenvalue weighted by atomic mass is 19.4. The van der Waals surface area contributed by atoms with E-state index in [9.17, 15) is 18.0 Å². The summed E-state index contributed by atoms with van der Waals surface area (Å²) in [5.41, 5.74) is 2.15. The van der Waals surface area contributed by atoms with Crippen molar-refractivity contribution in [2.45, 2.75) is 26.1 Å². The lowest BCUT2D eigenvalue weighted by Gasteiger charge is -2.30. The number of hydrogen-bond acceptors (Lipinski definition) is 4. The number of aromatic nitrogens is 2. The van der Waals surface area contributed by atoms with Gasteiger partial charge in [0.1, 0.15) is 0 Å². The van der Waals surface area contributed by atoms with Gasteiger partial charge in [-0.05, 0) is 43.7 Å². The molecule has 0 spiro atoms. The number of benzene rings is 2. The number of esters is 1. The molecule has 1 aliphatic rings. The monoisotopic (exact) mass is 401 g/mol. The molecule has 2 heterocycles. The van der Waals surface area contributed by atoms with Gasteiger partial charge in [-0.2, -0.15) is 13.2 Å². The van der Waals surface area contributed by atoms with Gasteiger partial charge in [-0.25, -0.2) is 9.78 Å². The molecular weight excluding hydrogens is 383 g/mol. The van der Waals surface area contributed by atoms with Crippen LogP contribution in [0.2, 0.25) is 0 Å². The number of nitrogens with one attached hydrogen (secondary N) is 1. The quantitative estimate of drug-likeness (QED) is 0.634. The van der Waals surface area contributed by atoms with E-state index in [4.69, 9.17) is 4.74 Å². The van der Waals surface area contributed by atoms with Crippen molar-refractivity contribution in [1.29, 1.82) is 0 Å². The number of imidazole rings is 1. The fourth-order valence-corrected chi connectivity index (χ4v) is 3.61. The first-order chi connectivity index (χ1) is 13.8. The summed E-state index contributed by atoms with van der Waals surface area (Å²) in [6, 6.07) is 11.5. The highest BCUT2D eigenvalue weighted by Gasteiger charge is 2.36. The number of ether oxygens (including phenoxy) is 1. The molecule has 3 aromatic rings. The predicted octanol–water partition coefficient (Wildman–Crippen LogP) is 4.91.